The van der Waals surface area contributed by atoms with Crippen molar-refractivity contribution in [1.29, 1.82) is 0 Å². The average molecular weight is 380 g/mol. The molecule has 140 valence electrons. The smallest absolute Gasteiger partial charge is 0.261 e. The highest BCUT2D eigenvalue weighted by molar-refractivity contribution is 6.30. The van der Waals surface area contributed by atoms with Crippen molar-refractivity contribution in [1.82, 2.24) is 5.32 Å². The van der Waals surface area contributed by atoms with E-state index in [1.165, 1.54) is 0 Å². The van der Waals surface area contributed by atoms with Crippen molar-refractivity contribution in [3.05, 3.63) is 47.0 Å². The molecule has 0 fully saturated rings. The van der Waals surface area contributed by atoms with E-state index in [9.17, 15) is 4.79 Å². The van der Waals surface area contributed by atoms with E-state index < -0.39 is 6.10 Å². The summed E-state index contributed by atoms with van der Waals surface area (Å²) >= 11 is 5.84. The second kappa shape index (κ2) is 9.20. The fraction of sp³-hybridized carbons (Fsp3) is 0.316. The predicted molar refractivity (Wildman–Crippen MR) is 99.5 cm³/mol. The molecule has 2 rings (SSSR count). The lowest BCUT2D eigenvalue weighted by Gasteiger charge is -2.17. The zero-order chi connectivity index (χ0) is 19.1. The third-order valence-corrected chi connectivity index (χ3v) is 3.99. The highest BCUT2D eigenvalue weighted by atomic mass is 35.5. The third-order valence-electron chi connectivity index (χ3n) is 3.74. The molecule has 0 heterocycles. The van der Waals surface area contributed by atoms with Gasteiger partial charge in [-0.15, -0.1) is 0 Å². The number of carbonyl (C=O) groups excluding carboxylic acids is 1. The van der Waals surface area contributed by atoms with Crippen LogP contribution in [0.5, 0.6) is 23.0 Å². The summed E-state index contributed by atoms with van der Waals surface area (Å²) in [5, 5.41) is 3.43. The second-order valence-corrected chi connectivity index (χ2v) is 5.89. The molecule has 0 aliphatic carbocycles. The standard InChI is InChI=1S/C19H22ClNO5/c1-12(26-15-7-5-14(20)6-8-15)19(22)21-11-13-9-17(24-3)18(25-4)10-16(13)23-2/h5-10,12H,11H2,1-4H3,(H,21,22). The van der Waals surface area contributed by atoms with Gasteiger partial charge in [-0.05, 0) is 37.3 Å². The largest absolute Gasteiger partial charge is 0.496 e. The van der Waals surface area contributed by atoms with Gasteiger partial charge in [0.2, 0.25) is 0 Å². The summed E-state index contributed by atoms with van der Waals surface area (Å²) in [4.78, 5) is 12.3. The highest BCUT2D eigenvalue weighted by Crippen LogP contribution is 2.34. The minimum Gasteiger partial charge on any atom is -0.496 e. The quantitative estimate of drug-likeness (QED) is 0.761. The van der Waals surface area contributed by atoms with E-state index >= 15 is 0 Å². The zero-order valence-electron chi connectivity index (χ0n) is 15.2. The molecule has 0 aliphatic rings. The van der Waals surface area contributed by atoms with Crippen molar-refractivity contribution < 1.29 is 23.7 Å². The average Bonchev–Trinajstić information content (AvgIpc) is 2.66. The summed E-state index contributed by atoms with van der Waals surface area (Å²) in [6, 6.07) is 10.3. The Hall–Kier alpha value is -2.60. The van der Waals surface area contributed by atoms with Crippen LogP contribution in [-0.2, 0) is 11.3 Å². The first-order valence-electron chi connectivity index (χ1n) is 7.97. The molecule has 1 N–H and O–H groups in total. The molecule has 1 atom stereocenters. The van der Waals surface area contributed by atoms with Crippen molar-refractivity contribution in [2.24, 2.45) is 0 Å². The summed E-state index contributed by atoms with van der Waals surface area (Å²) in [6.45, 7) is 1.94. The van der Waals surface area contributed by atoms with E-state index in [1.807, 2.05) is 0 Å². The normalized spacial score (nSPS) is 11.4. The van der Waals surface area contributed by atoms with E-state index in [0.29, 0.717) is 28.0 Å². The molecule has 0 saturated heterocycles. The lowest BCUT2D eigenvalue weighted by molar-refractivity contribution is -0.127. The van der Waals surface area contributed by atoms with Crippen LogP contribution in [0, 0.1) is 0 Å². The zero-order valence-corrected chi connectivity index (χ0v) is 15.9. The maximum absolute atomic E-state index is 12.3. The number of hydrogen-bond donors (Lipinski definition) is 1. The van der Waals surface area contributed by atoms with E-state index in [2.05, 4.69) is 5.32 Å². The molecular formula is C19H22ClNO5. The predicted octanol–water partition coefficient (Wildman–Crippen LogP) is 3.45. The Morgan fingerprint density at radius 3 is 2.15 bits per heavy atom. The Morgan fingerprint density at radius 1 is 1.00 bits per heavy atom. The van der Waals surface area contributed by atoms with Gasteiger partial charge in [0, 0.05) is 23.2 Å². The van der Waals surface area contributed by atoms with E-state index in [-0.39, 0.29) is 12.5 Å². The van der Waals surface area contributed by atoms with Gasteiger partial charge >= 0.3 is 0 Å². The van der Waals surface area contributed by atoms with Crippen LogP contribution in [-0.4, -0.2) is 33.3 Å². The maximum Gasteiger partial charge on any atom is 0.261 e. The van der Waals surface area contributed by atoms with E-state index in [4.69, 9.17) is 30.5 Å². The maximum atomic E-state index is 12.3. The number of methoxy groups -OCH3 is 3. The topological polar surface area (TPSA) is 66.0 Å². The first-order chi connectivity index (χ1) is 12.5. The molecule has 7 heteroatoms. The molecule has 26 heavy (non-hydrogen) atoms. The second-order valence-electron chi connectivity index (χ2n) is 5.45. The van der Waals surface area contributed by atoms with Gasteiger partial charge in [-0.1, -0.05) is 11.6 Å². The molecule has 0 spiro atoms. The monoisotopic (exact) mass is 379 g/mol. The fourth-order valence-corrected chi connectivity index (χ4v) is 2.45. The van der Waals surface area contributed by atoms with Crippen LogP contribution in [0.2, 0.25) is 5.02 Å². The molecule has 0 saturated carbocycles. The first kappa shape index (κ1) is 19.7. The minimum atomic E-state index is -0.665. The number of ether oxygens (including phenoxy) is 4. The van der Waals surface area contributed by atoms with Crippen LogP contribution >= 0.6 is 11.6 Å². The van der Waals surface area contributed by atoms with E-state index in [0.717, 1.165) is 5.56 Å². The Labute approximate surface area is 158 Å². The molecule has 0 bridgehead atoms. The number of benzene rings is 2. The van der Waals surface area contributed by atoms with Gasteiger partial charge in [-0.25, -0.2) is 0 Å². The minimum absolute atomic E-state index is 0.253. The SMILES string of the molecule is COc1cc(OC)c(OC)cc1CNC(=O)C(C)Oc1ccc(Cl)cc1. The summed E-state index contributed by atoms with van der Waals surface area (Å²) in [6.07, 6.45) is -0.665. The molecule has 1 amide bonds. The summed E-state index contributed by atoms with van der Waals surface area (Å²) in [7, 11) is 4.65. The Kier molecular flexibility index (Phi) is 6.97. The lowest BCUT2D eigenvalue weighted by Crippen LogP contribution is -2.36. The fourth-order valence-electron chi connectivity index (χ4n) is 2.33. The molecule has 6 nitrogen and oxygen atoms in total. The van der Waals surface area contributed by atoms with Crippen molar-refractivity contribution >= 4 is 17.5 Å². The molecule has 0 aliphatic heterocycles. The summed E-state index contributed by atoms with van der Waals surface area (Å²) < 4.78 is 21.5. The Balaban J connectivity index is 2.02. The van der Waals surface area contributed by atoms with Crippen LogP contribution in [0.3, 0.4) is 0 Å². The van der Waals surface area contributed by atoms with Gasteiger partial charge < -0.3 is 24.3 Å². The molecule has 0 radical (unpaired) electrons. The Bertz CT molecular complexity index is 748. The van der Waals surface area contributed by atoms with Gasteiger partial charge in [0.15, 0.2) is 17.6 Å². The number of nitrogens with one attached hydrogen (secondary N) is 1. The van der Waals surface area contributed by atoms with Crippen molar-refractivity contribution in [2.45, 2.75) is 19.6 Å². The van der Waals surface area contributed by atoms with Crippen LogP contribution in [0.1, 0.15) is 12.5 Å². The van der Waals surface area contributed by atoms with Gasteiger partial charge in [-0.2, -0.15) is 0 Å². The Morgan fingerprint density at radius 2 is 1.58 bits per heavy atom. The number of amides is 1. The highest BCUT2D eigenvalue weighted by Gasteiger charge is 2.17. The van der Waals surface area contributed by atoms with Crippen molar-refractivity contribution in [2.75, 3.05) is 21.3 Å². The van der Waals surface area contributed by atoms with Crippen LogP contribution < -0.4 is 24.3 Å². The molecule has 2 aromatic rings. The summed E-state index contributed by atoms with van der Waals surface area (Å²) in [5.74, 6) is 2.02. The lowest BCUT2D eigenvalue weighted by atomic mass is 10.1. The first-order valence-corrected chi connectivity index (χ1v) is 8.35. The van der Waals surface area contributed by atoms with Crippen LogP contribution in [0.4, 0.5) is 0 Å². The number of halogens is 1. The van der Waals surface area contributed by atoms with Crippen LogP contribution in [0.15, 0.2) is 36.4 Å². The number of rotatable bonds is 8. The summed E-state index contributed by atoms with van der Waals surface area (Å²) in [5.41, 5.74) is 0.761. The van der Waals surface area contributed by atoms with Crippen molar-refractivity contribution in [3.8, 4) is 23.0 Å². The van der Waals surface area contributed by atoms with Gasteiger partial charge in [-0.3, -0.25) is 4.79 Å². The molecule has 2 aromatic carbocycles. The number of carbonyl (C=O) groups is 1. The van der Waals surface area contributed by atoms with E-state index in [1.54, 1.807) is 64.7 Å². The number of hydrogen-bond acceptors (Lipinski definition) is 5. The molecule has 0 aromatic heterocycles. The van der Waals surface area contributed by atoms with Gasteiger partial charge in [0.1, 0.15) is 11.5 Å². The third kappa shape index (κ3) is 4.95. The van der Waals surface area contributed by atoms with Gasteiger partial charge in [0.05, 0.1) is 21.3 Å². The van der Waals surface area contributed by atoms with Crippen LogP contribution in [0.25, 0.3) is 0 Å². The molecule has 1 unspecified atom stereocenters. The van der Waals surface area contributed by atoms with Gasteiger partial charge in [0.25, 0.3) is 5.91 Å². The van der Waals surface area contributed by atoms with Crippen molar-refractivity contribution in [3.63, 3.8) is 0 Å². The molecular weight excluding hydrogens is 358 g/mol.